The van der Waals surface area contributed by atoms with Crippen molar-refractivity contribution >= 4 is 11.8 Å². The average molecular weight is 248 g/mol. The Bertz CT molecular complexity index is 366. The van der Waals surface area contributed by atoms with Crippen molar-refractivity contribution in [2.45, 2.75) is 30.6 Å². The van der Waals surface area contributed by atoms with E-state index in [4.69, 9.17) is 0 Å². The number of hydrogen-bond acceptors (Lipinski definition) is 2. The monoisotopic (exact) mass is 248 g/mol. The fraction of sp³-hybridized carbons (Fsp3) is 0.600. The molecule has 2 aliphatic rings. The van der Waals surface area contributed by atoms with Gasteiger partial charge in [0.15, 0.2) is 0 Å². The summed E-state index contributed by atoms with van der Waals surface area (Å²) in [5, 5.41) is 9.64. The lowest BCUT2D eigenvalue weighted by atomic mass is 9.81. The number of aliphatic hydroxyl groups excluding tert-OH is 1. The first-order valence-corrected chi connectivity index (χ1v) is 7.59. The SMILES string of the molecule is OCC1(CCSc2ccccc2)CC2CC2C1. The molecule has 17 heavy (non-hydrogen) atoms. The minimum absolute atomic E-state index is 0.273. The highest BCUT2D eigenvalue weighted by atomic mass is 32.2. The molecule has 1 aromatic carbocycles. The van der Waals surface area contributed by atoms with Crippen LogP contribution in [0.15, 0.2) is 35.2 Å². The van der Waals surface area contributed by atoms with Crippen molar-refractivity contribution in [1.29, 1.82) is 0 Å². The van der Waals surface area contributed by atoms with Gasteiger partial charge in [0.2, 0.25) is 0 Å². The van der Waals surface area contributed by atoms with Crippen LogP contribution in [-0.4, -0.2) is 17.5 Å². The van der Waals surface area contributed by atoms with Crippen LogP contribution in [0.4, 0.5) is 0 Å². The second kappa shape index (κ2) is 4.66. The lowest BCUT2D eigenvalue weighted by Gasteiger charge is -2.28. The van der Waals surface area contributed by atoms with E-state index in [2.05, 4.69) is 30.3 Å². The minimum atomic E-state index is 0.273. The van der Waals surface area contributed by atoms with Crippen LogP contribution < -0.4 is 0 Å². The second-order valence-corrected chi connectivity index (χ2v) is 6.90. The average Bonchev–Trinajstić information content (AvgIpc) is 2.99. The zero-order chi connectivity index (χ0) is 11.7. The van der Waals surface area contributed by atoms with Gasteiger partial charge >= 0.3 is 0 Å². The Morgan fingerprint density at radius 2 is 1.88 bits per heavy atom. The first kappa shape index (κ1) is 11.6. The maximum Gasteiger partial charge on any atom is 0.0487 e. The summed E-state index contributed by atoms with van der Waals surface area (Å²) in [5.74, 6) is 3.07. The highest BCUT2D eigenvalue weighted by Gasteiger charge is 2.52. The summed E-state index contributed by atoms with van der Waals surface area (Å²) in [4.78, 5) is 1.35. The molecule has 1 aromatic rings. The molecule has 0 saturated heterocycles. The highest BCUT2D eigenvalue weighted by Crippen LogP contribution is 2.61. The van der Waals surface area contributed by atoms with Crippen LogP contribution in [-0.2, 0) is 0 Å². The van der Waals surface area contributed by atoms with E-state index < -0.39 is 0 Å². The van der Waals surface area contributed by atoms with Gasteiger partial charge in [0, 0.05) is 11.5 Å². The summed E-state index contributed by atoms with van der Waals surface area (Å²) >= 11 is 1.93. The second-order valence-electron chi connectivity index (χ2n) is 5.73. The Balaban J connectivity index is 1.50. The Hall–Kier alpha value is -0.470. The largest absolute Gasteiger partial charge is 0.396 e. The lowest BCUT2D eigenvalue weighted by molar-refractivity contribution is 0.114. The third-order valence-electron chi connectivity index (χ3n) is 4.44. The summed E-state index contributed by atoms with van der Waals surface area (Å²) in [6.07, 6.45) is 5.18. The summed E-state index contributed by atoms with van der Waals surface area (Å²) in [5.41, 5.74) is 0.273. The first-order chi connectivity index (χ1) is 8.31. The molecule has 2 aliphatic carbocycles. The third-order valence-corrected chi connectivity index (χ3v) is 5.45. The quantitative estimate of drug-likeness (QED) is 0.804. The standard InChI is InChI=1S/C15H20OS/c16-11-15(9-12-8-13(12)10-15)6-7-17-14-4-2-1-3-5-14/h1-5,12-13,16H,6-11H2. The zero-order valence-corrected chi connectivity index (χ0v) is 11.0. The molecule has 3 rings (SSSR count). The molecule has 0 aliphatic heterocycles. The summed E-state index contributed by atoms with van der Waals surface area (Å²) in [7, 11) is 0. The summed E-state index contributed by atoms with van der Waals surface area (Å²) in [6.45, 7) is 0.398. The van der Waals surface area contributed by atoms with Crippen LogP contribution in [0.2, 0.25) is 0 Å². The molecule has 2 heteroatoms. The third kappa shape index (κ3) is 2.53. The van der Waals surface area contributed by atoms with Crippen molar-refractivity contribution in [2.75, 3.05) is 12.4 Å². The molecule has 0 aromatic heterocycles. The van der Waals surface area contributed by atoms with E-state index >= 15 is 0 Å². The van der Waals surface area contributed by atoms with Crippen molar-refractivity contribution in [2.24, 2.45) is 17.3 Å². The molecule has 1 nitrogen and oxygen atoms in total. The number of fused-ring (bicyclic) bond motifs is 1. The topological polar surface area (TPSA) is 20.2 Å². The van der Waals surface area contributed by atoms with Gasteiger partial charge in [-0.1, -0.05) is 18.2 Å². The van der Waals surface area contributed by atoms with Crippen LogP contribution >= 0.6 is 11.8 Å². The molecule has 0 heterocycles. The van der Waals surface area contributed by atoms with Gasteiger partial charge in [0.1, 0.15) is 0 Å². The summed E-state index contributed by atoms with van der Waals surface area (Å²) < 4.78 is 0. The molecule has 0 radical (unpaired) electrons. The van der Waals surface area contributed by atoms with Gasteiger partial charge in [-0.3, -0.25) is 0 Å². The van der Waals surface area contributed by atoms with Gasteiger partial charge in [-0.05, 0) is 60.8 Å². The van der Waals surface area contributed by atoms with Crippen LogP contribution in [0, 0.1) is 17.3 Å². The zero-order valence-electron chi connectivity index (χ0n) is 10.1. The van der Waals surface area contributed by atoms with Crippen molar-refractivity contribution in [3.8, 4) is 0 Å². The molecule has 2 unspecified atom stereocenters. The Kier molecular flexibility index (Phi) is 3.18. The van der Waals surface area contributed by atoms with Gasteiger partial charge < -0.3 is 5.11 Å². The van der Waals surface area contributed by atoms with Crippen LogP contribution in [0.1, 0.15) is 25.7 Å². The van der Waals surface area contributed by atoms with Gasteiger partial charge in [0.05, 0.1) is 0 Å². The van der Waals surface area contributed by atoms with E-state index in [0.29, 0.717) is 6.61 Å². The Morgan fingerprint density at radius 3 is 2.53 bits per heavy atom. The Labute approximate surface area is 108 Å². The minimum Gasteiger partial charge on any atom is -0.396 e. The lowest BCUT2D eigenvalue weighted by Crippen LogP contribution is -2.24. The number of benzene rings is 1. The molecule has 2 fully saturated rings. The highest BCUT2D eigenvalue weighted by molar-refractivity contribution is 7.99. The molecule has 1 N–H and O–H groups in total. The smallest absolute Gasteiger partial charge is 0.0487 e. The summed E-state index contributed by atoms with van der Waals surface area (Å²) in [6, 6.07) is 10.6. The van der Waals surface area contributed by atoms with E-state index in [1.165, 1.54) is 30.6 Å². The van der Waals surface area contributed by atoms with Gasteiger partial charge in [-0.25, -0.2) is 0 Å². The molecular formula is C15H20OS. The van der Waals surface area contributed by atoms with E-state index in [-0.39, 0.29) is 5.41 Å². The predicted octanol–water partition coefficient (Wildman–Crippen LogP) is 3.58. The van der Waals surface area contributed by atoms with E-state index in [0.717, 1.165) is 17.6 Å². The van der Waals surface area contributed by atoms with E-state index in [1.54, 1.807) is 0 Å². The maximum atomic E-state index is 9.64. The van der Waals surface area contributed by atoms with E-state index in [1.807, 2.05) is 11.8 Å². The molecule has 0 bridgehead atoms. The predicted molar refractivity (Wildman–Crippen MR) is 72.1 cm³/mol. The molecule has 2 atom stereocenters. The molecule has 92 valence electrons. The normalized spacial score (nSPS) is 34.6. The molecular weight excluding hydrogens is 228 g/mol. The van der Waals surface area contributed by atoms with Crippen molar-refractivity contribution in [1.82, 2.24) is 0 Å². The number of hydrogen-bond donors (Lipinski definition) is 1. The van der Waals surface area contributed by atoms with Crippen LogP contribution in [0.5, 0.6) is 0 Å². The molecule has 0 spiro atoms. The van der Waals surface area contributed by atoms with Gasteiger partial charge in [0.25, 0.3) is 0 Å². The van der Waals surface area contributed by atoms with E-state index in [9.17, 15) is 5.11 Å². The van der Waals surface area contributed by atoms with Crippen molar-refractivity contribution in [3.63, 3.8) is 0 Å². The first-order valence-electron chi connectivity index (χ1n) is 6.60. The van der Waals surface area contributed by atoms with Crippen LogP contribution in [0.3, 0.4) is 0 Å². The number of aliphatic hydroxyl groups is 1. The van der Waals surface area contributed by atoms with Gasteiger partial charge in [-0.15, -0.1) is 11.8 Å². The fourth-order valence-electron chi connectivity index (χ4n) is 3.32. The number of thioether (sulfide) groups is 1. The number of rotatable bonds is 5. The molecule has 2 saturated carbocycles. The van der Waals surface area contributed by atoms with Gasteiger partial charge in [-0.2, -0.15) is 0 Å². The van der Waals surface area contributed by atoms with Crippen molar-refractivity contribution in [3.05, 3.63) is 30.3 Å². The van der Waals surface area contributed by atoms with Crippen LogP contribution in [0.25, 0.3) is 0 Å². The molecule has 0 amide bonds. The fourth-order valence-corrected chi connectivity index (χ4v) is 4.44. The van der Waals surface area contributed by atoms with Crippen molar-refractivity contribution < 1.29 is 5.11 Å². The maximum absolute atomic E-state index is 9.64. The Morgan fingerprint density at radius 1 is 1.18 bits per heavy atom.